The molecule has 2 amide bonds. The number of allylic oxidation sites excluding steroid dienone is 1. The molecule has 0 aliphatic carbocycles. The van der Waals surface area contributed by atoms with Crippen LogP contribution in [0.3, 0.4) is 0 Å². The Morgan fingerprint density at radius 2 is 2.14 bits per heavy atom. The van der Waals surface area contributed by atoms with E-state index >= 15 is 0 Å². The van der Waals surface area contributed by atoms with Crippen LogP contribution in [0, 0.1) is 5.82 Å². The highest BCUT2D eigenvalue weighted by Crippen LogP contribution is 2.15. The number of aliphatic imine (C=N–C) groups is 1. The van der Waals surface area contributed by atoms with Gasteiger partial charge in [-0.05, 0) is 24.3 Å². The van der Waals surface area contributed by atoms with Crippen LogP contribution in [-0.4, -0.2) is 23.9 Å². The van der Waals surface area contributed by atoms with Gasteiger partial charge in [0.2, 0.25) is 5.90 Å². The fourth-order valence-corrected chi connectivity index (χ4v) is 1.51. The number of amides is 2. The summed E-state index contributed by atoms with van der Waals surface area (Å²) < 4.78 is 18.3. The van der Waals surface area contributed by atoms with Crippen LogP contribution >= 0.6 is 0 Å². The van der Waals surface area contributed by atoms with Crippen LogP contribution < -0.4 is 15.9 Å². The summed E-state index contributed by atoms with van der Waals surface area (Å²) in [4.78, 5) is 25.4. The van der Waals surface area contributed by atoms with Crippen molar-refractivity contribution < 1.29 is 18.7 Å². The molecule has 0 spiro atoms. The Morgan fingerprint density at radius 1 is 1.43 bits per heavy atom. The second-order valence-corrected chi connectivity index (χ2v) is 4.02. The molecule has 0 unspecified atom stereocenters. The van der Waals surface area contributed by atoms with Gasteiger partial charge in [0.15, 0.2) is 0 Å². The third-order valence-corrected chi connectivity index (χ3v) is 2.45. The summed E-state index contributed by atoms with van der Waals surface area (Å²) in [6.07, 6.45) is 2.08. The molecule has 0 saturated heterocycles. The largest absolute Gasteiger partial charge is 0.437 e. The highest BCUT2D eigenvalue weighted by Gasteiger charge is 2.18. The lowest BCUT2D eigenvalue weighted by molar-refractivity contribution is -0.104. The normalized spacial score (nSPS) is 16.0. The number of urea groups is 1. The molecule has 0 bridgehead atoms. The predicted molar refractivity (Wildman–Crippen MR) is 73.4 cm³/mol. The quantitative estimate of drug-likeness (QED) is 0.643. The molecule has 3 N–H and O–H groups in total. The zero-order valence-electron chi connectivity index (χ0n) is 10.7. The number of rotatable bonds is 3. The van der Waals surface area contributed by atoms with Gasteiger partial charge in [-0.15, -0.1) is 0 Å². The van der Waals surface area contributed by atoms with Gasteiger partial charge in [0, 0.05) is 18.2 Å². The standard InChI is InChI=1S/C13H11FN4O3/c14-9-1-3-10(4-2-9)21-12-11(17-18-13(15)20)5-8(7-19)6-16-12/h1-4,6-7H,5H2,(H3,15,18,20). The first-order valence-electron chi connectivity index (χ1n) is 5.86. The number of nitrogens with one attached hydrogen (secondary N) is 1. The number of benzene rings is 1. The number of aldehydes is 1. The van der Waals surface area contributed by atoms with Gasteiger partial charge in [-0.3, -0.25) is 4.79 Å². The summed E-state index contributed by atoms with van der Waals surface area (Å²) >= 11 is 0. The number of hydrogen-bond donors (Lipinski definition) is 2. The minimum absolute atomic E-state index is 0.0842. The maximum atomic E-state index is 12.8. The molecule has 21 heavy (non-hydrogen) atoms. The Kier molecular flexibility index (Phi) is 4.39. The topological polar surface area (TPSA) is 106 Å². The Bertz CT molecular complexity index is 650. The summed E-state index contributed by atoms with van der Waals surface area (Å²) in [5, 5.41) is 3.74. The molecular formula is C13H11FN4O3. The van der Waals surface area contributed by atoms with E-state index in [0.717, 1.165) is 0 Å². The Hall–Kier alpha value is -3.03. The summed E-state index contributed by atoms with van der Waals surface area (Å²) in [5.74, 6) is 0.0196. The van der Waals surface area contributed by atoms with E-state index in [4.69, 9.17) is 10.5 Å². The number of ether oxygens (including phenoxy) is 1. The van der Waals surface area contributed by atoms with E-state index in [1.807, 2.05) is 5.43 Å². The molecule has 0 atom stereocenters. The number of primary amides is 1. The maximum Gasteiger partial charge on any atom is 0.332 e. The molecule has 1 aromatic carbocycles. The molecule has 8 heteroatoms. The molecule has 7 nitrogen and oxygen atoms in total. The van der Waals surface area contributed by atoms with Crippen LogP contribution in [0.25, 0.3) is 0 Å². The number of hydrogen-bond acceptors (Lipinski definition) is 5. The Balaban J connectivity index is 2.23. The average molecular weight is 290 g/mol. The van der Waals surface area contributed by atoms with Gasteiger partial charge < -0.3 is 10.5 Å². The smallest absolute Gasteiger partial charge is 0.332 e. The molecule has 108 valence electrons. The monoisotopic (exact) mass is 290 g/mol. The van der Waals surface area contributed by atoms with Crippen molar-refractivity contribution in [2.75, 3.05) is 0 Å². The van der Waals surface area contributed by atoms with Crippen LogP contribution in [0.4, 0.5) is 9.18 Å². The highest BCUT2D eigenvalue weighted by atomic mass is 19.1. The van der Waals surface area contributed by atoms with Crippen molar-refractivity contribution in [1.29, 1.82) is 0 Å². The van der Waals surface area contributed by atoms with Crippen molar-refractivity contribution in [3.63, 3.8) is 0 Å². The maximum absolute atomic E-state index is 12.8. The predicted octanol–water partition coefficient (Wildman–Crippen LogP) is 1.11. The van der Waals surface area contributed by atoms with E-state index in [1.165, 1.54) is 30.5 Å². The van der Waals surface area contributed by atoms with E-state index in [-0.39, 0.29) is 18.0 Å². The number of nitrogens with two attached hydrogens (primary N) is 1. The lowest BCUT2D eigenvalue weighted by atomic mass is 10.1. The molecule has 1 aliphatic heterocycles. The molecule has 1 aromatic rings. The van der Waals surface area contributed by atoms with Gasteiger partial charge in [-0.1, -0.05) is 0 Å². The minimum atomic E-state index is -0.856. The third kappa shape index (κ3) is 3.96. The van der Waals surface area contributed by atoms with Crippen LogP contribution in [0.5, 0.6) is 5.75 Å². The fourth-order valence-electron chi connectivity index (χ4n) is 1.51. The molecule has 2 rings (SSSR count). The molecular weight excluding hydrogens is 279 g/mol. The number of halogens is 1. The van der Waals surface area contributed by atoms with Crippen LogP contribution in [-0.2, 0) is 4.79 Å². The molecule has 0 fully saturated rings. The fraction of sp³-hybridized carbons (Fsp3) is 0.0769. The second kappa shape index (κ2) is 6.42. The van der Waals surface area contributed by atoms with E-state index in [2.05, 4.69) is 10.1 Å². The van der Waals surface area contributed by atoms with Crippen molar-refractivity contribution in [2.45, 2.75) is 6.42 Å². The number of carbonyl (C=O) groups excluding carboxylic acids is 2. The van der Waals surface area contributed by atoms with Crippen molar-refractivity contribution in [2.24, 2.45) is 15.8 Å². The first-order valence-corrected chi connectivity index (χ1v) is 5.86. The molecule has 0 saturated carbocycles. The molecule has 1 heterocycles. The summed E-state index contributed by atoms with van der Waals surface area (Å²) in [6.45, 7) is 0. The Morgan fingerprint density at radius 3 is 2.76 bits per heavy atom. The van der Waals surface area contributed by atoms with E-state index in [0.29, 0.717) is 17.6 Å². The van der Waals surface area contributed by atoms with Crippen LogP contribution in [0.2, 0.25) is 0 Å². The van der Waals surface area contributed by atoms with Gasteiger partial charge >= 0.3 is 6.03 Å². The van der Waals surface area contributed by atoms with Crippen molar-refractivity contribution in [1.82, 2.24) is 5.43 Å². The first-order chi connectivity index (χ1) is 10.1. The van der Waals surface area contributed by atoms with Gasteiger partial charge in [-0.25, -0.2) is 19.6 Å². The van der Waals surface area contributed by atoms with E-state index < -0.39 is 11.8 Å². The van der Waals surface area contributed by atoms with E-state index in [1.54, 1.807) is 0 Å². The van der Waals surface area contributed by atoms with Gasteiger partial charge in [0.05, 0.1) is 0 Å². The number of hydrazone groups is 1. The van der Waals surface area contributed by atoms with Gasteiger partial charge in [0.25, 0.3) is 0 Å². The Labute approximate surface area is 119 Å². The minimum Gasteiger partial charge on any atom is -0.437 e. The van der Waals surface area contributed by atoms with Gasteiger partial charge in [0.1, 0.15) is 23.6 Å². The SMILES string of the molecule is NC(=O)NN=C1CC(C=O)=CN=C1Oc1ccc(F)cc1. The third-order valence-electron chi connectivity index (χ3n) is 2.45. The summed E-state index contributed by atoms with van der Waals surface area (Å²) in [5.41, 5.74) is 7.57. The zero-order chi connectivity index (χ0) is 15.2. The average Bonchev–Trinajstić information content (AvgIpc) is 2.48. The lowest BCUT2D eigenvalue weighted by Crippen LogP contribution is -2.31. The van der Waals surface area contributed by atoms with Crippen molar-refractivity contribution >= 4 is 23.9 Å². The van der Waals surface area contributed by atoms with Gasteiger partial charge in [-0.2, -0.15) is 5.10 Å². The molecule has 0 aromatic heterocycles. The first kappa shape index (κ1) is 14.4. The molecule has 1 aliphatic rings. The summed E-state index contributed by atoms with van der Waals surface area (Å²) in [6, 6.07) is 4.42. The number of carbonyl (C=O) groups is 2. The summed E-state index contributed by atoms with van der Waals surface area (Å²) in [7, 11) is 0. The van der Waals surface area contributed by atoms with E-state index in [9.17, 15) is 14.0 Å². The zero-order valence-corrected chi connectivity index (χ0v) is 10.7. The highest BCUT2D eigenvalue weighted by molar-refractivity contribution is 6.41. The molecule has 0 radical (unpaired) electrons. The van der Waals surface area contributed by atoms with Crippen molar-refractivity contribution in [3.8, 4) is 5.75 Å². The van der Waals surface area contributed by atoms with Crippen LogP contribution in [0.1, 0.15) is 6.42 Å². The lowest BCUT2D eigenvalue weighted by Gasteiger charge is -2.14. The second-order valence-electron chi connectivity index (χ2n) is 4.02. The number of nitrogens with zero attached hydrogens (tertiary/aromatic N) is 2. The van der Waals surface area contributed by atoms with Crippen LogP contribution in [0.15, 0.2) is 46.1 Å². The van der Waals surface area contributed by atoms with Crippen molar-refractivity contribution in [3.05, 3.63) is 41.9 Å².